The Kier molecular flexibility index (Phi) is 5.46. The number of ether oxygens (including phenoxy) is 2. The Balaban J connectivity index is 2.03. The van der Waals surface area contributed by atoms with Crippen molar-refractivity contribution < 1.29 is 23.9 Å². The van der Waals surface area contributed by atoms with Gasteiger partial charge in [-0.1, -0.05) is 0 Å². The molecule has 0 aliphatic carbocycles. The molecule has 0 unspecified atom stereocenters. The number of primary amides is 1. The van der Waals surface area contributed by atoms with Gasteiger partial charge in [0.05, 0.1) is 20.8 Å². The number of nitrogens with one attached hydrogen (secondary N) is 1. The smallest absolute Gasteiger partial charge is 0.325 e. The fraction of sp³-hybridized carbons (Fsp3) is 0.400. The minimum absolute atomic E-state index is 0.129. The van der Waals surface area contributed by atoms with Crippen LogP contribution in [0.15, 0.2) is 18.2 Å². The summed E-state index contributed by atoms with van der Waals surface area (Å²) in [5, 5.41) is 2.36. The maximum atomic E-state index is 12.4. The summed E-state index contributed by atoms with van der Waals surface area (Å²) in [6.07, 6.45) is 0. The second kappa shape index (κ2) is 7.53. The van der Waals surface area contributed by atoms with Gasteiger partial charge >= 0.3 is 6.03 Å². The van der Waals surface area contributed by atoms with E-state index in [0.717, 1.165) is 0 Å². The summed E-state index contributed by atoms with van der Waals surface area (Å²) in [5.74, 6) is 0.00963. The van der Waals surface area contributed by atoms with Crippen LogP contribution in [0.4, 0.5) is 10.5 Å². The first-order valence-electron chi connectivity index (χ1n) is 7.29. The molecule has 1 heterocycles. The summed E-state index contributed by atoms with van der Waals surface area (Å²) >= 11 is 0. The standard InChI is InChI=1S/C15H20N4O5/c1-23-11-4-3-10(7-12(11)24-2)19-6-5-18(15(19)22)9-14(21)17-8-13(16)20/h3-4,7H,5-6,8-9H2,1-2H3,(H2,16,20)(H,17,21). The molecule has 0 radical (unpaired) electrons. The number of amides is 4. The maximum Gasteiger partial charge on any atom is 0.325 e. The van der Waals surface area contributed by atoms with Crippen molar-refractivity contribution in [2.75, 3.05) is 45.3 Å². The molecule has 1 aromatic carbocycles. The minimum atomic E-state index is -0.636. The van der Waals surface area contributed by atoms with Crippen molar-refractivity contribution in [2.45, 2.75) is 0 Å². The third-order valence-corrected chi connectivity index (χ3v) is 3.57. The lowest BCUT2D eigenvalue weighted by molar-refractivity contribution is -0.125. The quantitative estimate of drug-likeness (QED) is 0.700. The summed E-state index contributed by atoms with van der Waals surface area (Å²) < 4.78 is 10.4. The van der Waals surface area contributed by atoms with Gasteiger partial charge in [-0.25, -0.2) is 4.79 Å². The highest BCUT2D eigenvalue weighted by Crippen LogP contribution is 2.32. The molecule has 1 saturated heterocycles. The average Bonchev–Trinajstić information content (AvgIpc) is 2.93. The topological polar surface area (TPSA) is 114 Å². The molecule has 0 atom stereocenters. The van der Waals surface area contributed by atoms with Crippen molar-refractivity contribution in [2.24, 2.45) is 5.73 Å². The molecule has 130 valence electrons. The minimum Gasteiger partial charge on any atom is -0.493 e. The third-order valence-electron chi connectivity index (χ3n) is 3.57. The van der Waals surface area contributed by atoms with Crippen molar-refractivity contribution in [1.29, 1.82) is 0 Å². The summed E-state index contributed by atoms with van der Waals surface area (Å²) in [7, 11) is 3.05. The van der Waals surface area contributed by atoms with Gasteiger partial charge in [0, 0.05) is 24.8 Å². The Labute approximate surface area is 139 Å². The SMILES string of the molecule is COc1ccc(N2CCN(CC(=O)NCC(N)=O)C2=O)cc1OC. The van der Waals surface area contributed by atoms with Gasteiger partial charge < -0.3 is 25.4 Å². The molecule has 2 rings (SSSR count). The summed E-state index contributed by atoms with van der Waals surface area (Å²) in [5.41, 5.74) is 5.61. The Hall–Kier alpha value is -2.97. The van der Waals surface area contributed by atoms with Crippen LogP contribution in [-0.2, 0) is 9.59 Å². The summed E-state index contributed by atoms with van der Waals surface area (Å²) in [6.45, 7) is 0.463. The number of methoxy groups -OCH3 is 2. The second-order valence-corrected chi connectivity index (χ2v) is 5.14. The molecule has 9 nitrogen and oxygen atoms in total. The lowest BCUT2D eigenvalue weighted by atomic mass is 10.2. The first kappa shape index (κ1) is 17.4. The normalized spacial score (nSPS) is 13.8. The van der Waals surface area contributed by atoms with Crippen LogP contribution in [0.2, 0.25) is 0 Å². The number of hydrogen-bond donors (Lipinski definition) is 2. The molecular weight excluding hydrogens is 316 g/mol. The van der Waals surface area contributed by atoms with E-state index in [4.69, 9.17) is 15.2 Å². The number of carbonyl (C=O) groups is 3. The monoisotopic (exact) mass is 336 g/mol. The van der Waals surface area contributed by atoms with E-state index in [0.29, 0.717) is 30.3 Å². The molecule has 9 heteroatoms. The Morgan fingerprint density at radius 2 is 1.92 bits per heavy atom. The third kappa shape index (κ3) is 3.86. The number of nitrogens with two attached hydrogens (primary N) is 1. The zero-order valence-electron chi connectivity index (χ0n) is 13.6. The van der Waals surface area contributed by atoms with Crippen LogP contribution in [0, 0.1) is 0 Å². The largest absolute Gasteiger partial charge is 0.493 e. The van der Waals surface area contributed by atoms with E-state index in [-0.39, 0.29) is 19.1 Å². The molecule has 0 spiro atoms. The number of hydrogen-bond acceptors (Lipinski definition) is 5. The Bertz CT molecular complexity index is 649. The number of nitrogens with zero attached hydrogens (tertiary/aromatic N) is 2. The molecule has 0 bridgehead atoms. The van der Waals surface area contributed by atoms with E-state index in [2.05, 4.69) is 5.32 Å². The average molecular weight is 336 g/mol. The van der Waals surface area contributed by atoms with Gasteiger partial charge in [-0.3, -0.25) is 14.5 Å². The lowest BCUT2D eigenvalue weighted by Gasteiger charge is -2.19. The maximum absolute atomic E-state index is 12.4. The van der Waals surface area contributed by atoms with Gasteiger partial charge in [-0.15, -0.1) is 0 Å². The van der Waals surface area contributed by atoms with E-state index in [1.165, 1.54) is 19.1 Å². The molecule has 1 aliphatic rings. The number of anilines is 1. The van der Waals surface area contributed by atoms with Crippen molar-refractivity contribution in [3.05, 3.63) is 18.2 Å². The van der Waals surface area contributed by atoms with Crippen molar-refractivity contribution >= 4 is 23.5 Å². The van der Waals surface area contributed by atoms with Crippen molar-refractivity contribution in [3.63, 3.8) is 0 Å². The van der Waals surface area contributed by atoms with Crippen LogP contribution in [0.25, 0.3) is 0 Å². The molecule has 1 fully saturated rings. The van der Waals surface area contributed by atoms with Crippen LogP contribution < -0.4 is 25.4 Å². The highest BCUT2D eigenvalue weighted by molar-refractivity contribution is 5.97. The highest BCUT2D eigenvalue weighted by Gasteiger charge is 2.31. The van der Waals surface area contributed by atoms with Gasteiger partial charge in [0.2, 0.25) is 11.8 Å². The van der Waals surface area contributed by atoms with E-state index in [1.807, 2.05) is 0 Å². The van der Waals surface area contributed by atoms with E-state index < -0.39 is 11.8 Å². The van der Waals surface area contributed by atoms with Crippen molar-refractivity contribution in [3.8, 4) is 11.5 Å². The molecule has 4 amide bonds. The van der Waals surface area contributed by atoms with Gasteiger partial charge in [-0.2, -0.15) is 0 Å². The van der Waals surface area contributed by atoms with Gasteiger partial charge in [-0.05, 0) is 12.1 Å². The van der Waals surface area contributed by atoms with E-state index >= 15 is 0 Å². The fourth-order valence-corrected chi connectivity index (χ4v) is 2.38. The molecular formula is C15H20N4O5. The van der Waals surface area contributed by atoms with Crippen LogP contribution in [0.1, 0.15) is 0 Å². The van der Waals surface area contributed by atoms with Crippen molar-refractivity contribution in [1.82, 2.24) is 10.2 Å². The molecule has 1 aliphatic heterocycles. The van der Waals surface area contributed by atoms with Gasteiger partial charge in [0.1, 0.15) is 6.54 Å². The van der Waals surface area contributed by atoms with Crippen LogP contribution >= 0.6 is 0 Å². The molecule has 3 N–H and O–H groups in total. The molecule has 24 heavy (non-hydrogen) atoms. The Morgan fingerprint density at radius 3 is 2.54 bits per heavy atom. The summed E-state index contributed by atoms with van der Waals surface area (Å²) in [4.78, 5) is 37.7. The Morgan fingerprint density at radius 1 is 1.21 bits per heavy atom. The number of rotatable bonds is 7. The highest BCUT2D eigenvalue weighted by atomic mass is 16.5. The summed E-state index contributed by atoms with van der Waals surface area (Å²) in [6, 6.07) is 4.86. The fourth-order valence-electron chi connectivity index (χ4n) is 2.38. The van der Waals surface area contributed by atoms with Gasteiger partial charge in [0.25, 0.3) is 0 Å². The first-order valence-corrected chi connectivity index (χ1v) is 7.29. The molecule has 0 aromatic heterocycles. The predicted molar refractivity (Wildman–Crippen MR) is 86.1 cm³/mol. The zero-order valence-corrected chi connectivity index (χ0v) is 13.6. The van der Waals surface area contributed by atoms with E-state index in [9.17, 15) is 14.4 Å². The first-order chi connectivity index (χ1) is 11.5. The number of benzene rings is 1. The predicted octanol–water partition coefficient (Wildman–Crippen LogP) is -0.453. The zero-order chi connectivity index (χ0) is 17.7. The number of urea groups is 1. The molecule has 1 aromatic rings. The van der Waals surface area contributed by atoms with Crippen LogP contribution in [0.3, 0.4) is 0 Å². The van der Waals surface area contributed by atoms with Crippen LogP contribution in [0.5, 0.6) is 11.5 Å². The second-order valence-electron chi connectivity index (χ2n) is 5.14. The number of carbonyl (C=O) groups excluding carboxylic acids is 3. The lowest BCUT2D eigenvalue weighted by Crippen LogP contribution is -2.42. The van der Waals surface area contributed by atoms with Gasteiger partial charge in [0.15, 0.2) is 11.5 Å². The van der Waals surface area contributed by atoms with Crippen LogP contribution in [-0.4, -0.2) is 63.1 Å². The molecule has 0 saturated carbocycles. The van der Waals surface area contributed by atoms with E-state index in [1.54, 1.807) is 23.1 Å².